The summed E-state index contributed by atoms with van der Waals surface area (Å²) in [5.41, 5.74) is 7.00. The Morgan fingerprint density at radius 1 is 1.40 bits per heavy atom. The number of halogens is 1. The summed E-state index contributed by atoms with van der Waals surface area (Å²) in [5.74, 6) is 0.957. The predicted octanol–water partition coefficient (Wildman–Crippen LogP) is 3.43. The van der Waals surface area contributed by atoms with Crippen molar-refractivity contribution in [2.45, 2.75) is 50.2 Å². The molecule has 4 heteroatoms. The Kier molecular flexibility index (Phi) is 4.34. The topological polar surface area (TPSA) is 44.5 Å². The van der Waals surface area contributed by atoms with Gasteiger partial charge < -0.3 is 15.2 Å². The summed E-state index contributed by atoms with van der Waals surface area (Å²) in [6.45, 7) is 1.49. The molecule has 0 aromatic heterocycles. The normalized spacial score (nSPS) is 24.4. The molecule has 1 unspecified atom stereocenters. The monoisotopic (exact) mass is 339 g/mol. The molecular formula is C16H22BrNO2. The summed E-state index contributed by atoms with van der Waals surface area (Å²) >= 11 is 3.56. The van der Waals surface area contributed by atoms with E-state index in [0.29, 0.717) is 6.54 Å². The number of ether oxygens (including phenoxy) is 2. The van der Waals surface area contributed by atoms with E-state index in [1.807, 2.05) is 6.07 Å². The van der Waals surface area contributed by atoms with Gasteiger partial charge in [0.05, 0.1) is 12.2 Å². The van der Waals surface area contributed by atoms with E-state index in [9.17, 15) is 0 Å². The molecule has 0 amide bonds. The number of hydrogen-bond acceptors (Lipinski definition) is 3. The summed E-state index contributed by atoms with van der Waals surface area (Å²) in [7, 11) is 0. The second-order valence-electron chi connectivity index (χ2n) is 5.91. The highest BCUT2D eigenvalue weighted by Gasteiger charge is 2.43. The summed E-state index contributed by atoms with van der Waals surface area (Å²) in [4.78, 5) is 0. The maximum atomic E-state index is 6.19. The van der Waals surface area contributed by atoms with Gasteiger partial charge >= 0.3 is 0 Å². The van der Waals surface area contributed by atoms with E-state index in [0.717, 1.165) is 36.1 Å². The molecule has 2 fully saturated rings. The third-order valence-electron chi connectivity index (χ3n) is 4.45. The van der Waals surface area contributed by atoms with Gasteiger partial charge in [0.15, 0.2) is 0 Å². The molecule has 1 spiro atoms. The van der Waals surface area contributed by atoms with Crippen LogP contribution < -0.4 is 10.5 Å². The highest BCUT2D eigenvalue weighted by molar-refractivity contribution is 9.10. The van der Waals surface area contributed by atoms with Gasteiger partial charge in [0.25, 0.3) is 0 Å². The van der Waals surface area contributed by atoms with Crippen LogP contribution in [0.15, 0.2) is 22.7 Å². The zero-order valence-electron chi connectivity index (χ0n) is 11.7. The fraction of sp³-hybridized carbons (Fsp3) is 0.625. The Balaban J connectivity index is 1.66. The first kappa shape index (κ1) is 14.4. The molecule has 1 aliphatic heterocycles. The predicted molar refractivity (Wildman–Crippen MR) is 83.1 cm³/mol. The molecule has 2 aliphatic rings. The third-order valence-corrected chi connectivity index (χ3v) is 5.22. The van der Waals surface area contributed by atoms with Crippen LogP contribution >= 0.6 is 15.9 Å². The van der Waals surface area contributed by atoms with Crippen molar-refractivity contribution in [3.8, 4) is 5.75 Å². The van der Waals surface area contributed by atoms with E-state index >= 15 is 0 Å². The smallest absolute Gasteiger partial charge is 0.120 e. The van der Waals surface area contributed by atoms with Crippen LogP contribution in [0.3, 0.4) is 0 Å². The zero-order chi connectivity index (χ0) is 14.0. The lowest BCUT2D eigenvalue weighted by Gasteiger charge is -2.46. The van der Waals surface area contributed by atoms with E-state index in [1.165, 1.54) is 24.8 Å². The summed E-state index contributed by atoms with van der Waals surface area (Å²) in [6, 6.07) is 6.20. The molecule has 110 valence electrons. The first-order chi connectivity index (χ1) is 9.71. The van der Waals surface area contributed by atoms with Gasteiger partial charge in [-0.3, -0.25) is 0 Å². The van der Waals surface area contributed by atoms with Crippen LogP contribution in [0.25, 0.3) is 0 Å². The first-order valence-electron chi connectivity index (χ1n) is 7.50. The molecule has 1 saturated carbocycles. The lowest BCUT2D eigenvalue weighted by atomic mass is 9.74. The van der Waals surface area contributed by atoms with Gasteiger partial charge in [0, 0.05) is 17.3 Å². The maximum absolute atomic E-state index is 6.19. The highest BCUT2D eigenvalue weighted by atomic mass is 79.9. The van der Waals surface area contributed by atoms with Gasteiger partial charge in [-0.1, -0.05) is 15.9 Å². The van der Waals surface area contributed by atoms with Crippen LogP contribution in [0.1, 0.15) is 37.7 Å². The largest absolute Gasteiger partial charge is 0.490 e. The zero-order valence-corrected chi connectivity index (χ0v) is 13.3. The molecule has 1 heterocycles. The molecule has 1 saturated heterocycles. The Hall–Kier alpha value is -0.580. The molecule has 1 aliphatic carbocycles. The fourth-order valence-electron chi connectivity index (χ4n) is 3.17. The van der Waals surface area contributed by atoms with E-state index in [1.54, 1.807) is 0 Å². The van der Waals surface area contributed by atoms with Crippen molar-refractivity contribution in [2.24, 2.45) is 5.73 Å². The van der Waals surface area contributed by atoms with Crippen molar-refractivity contribution in [1.29, 1.82) is 0 Å². The minimum atomic E-state index is 0.137. The average molecular weight is 340 g/mol. The van der Waals surface area contributed by atoms with Gasteiger partial charge in [-0.25, -0.2) is 0 Å². The highest BCUT2D eigenvalue weighted by Crippen LogP contribution is 2.43. The van der Waals surface area contributed by atoms with Crippen LogP contribution in [0.2, 0.25) is 0 Å². The summed E-state index contributed by atoms with van der Waals surface area (Å²) in [5, 5.41) is 0. The fourth-order valence-corrected chi connectivity index (χ4v) is 3.61. The van der Waals surface area contributed by atoms with Crippen LogP contribution in [-0.4, -0.2) is 24.9 Å². The van der Waals surface area contributed by atoms with Crippen LogP contribution in [0.4, 0.5) is 0 Å². The maximum Gasteiger partial charge on any atom is 0.120 e. The van der Waals surface area contributed by atoms with Crippen molar-refractivity contribution in [2.75, 3.05) is 13.2 Å². The van der Waals surface area contributed by atoms with Crippen LogP contribution in [-0.2, 0) is 11.2 Å². The second kappa shape index (κ2) is 6.04. The van der Waals surface area contributed by atoms with Crippen molar-refractivity contribution >= 4 is 15.9 Å². The Labute approximate surface area is 129 Å². The minimum Gasteiger partial charge on any atom is -0.490 e. The van der Waals surface area contributed by atoms with E-state index in [2.05, 4.69) is 28.1 Å². The molecule has 1 atom stereocenters. The average Bonchev–Trinajstić information content (AvgIpc) is 2.41. The molecule has 3 rings (SSSR count). The SMILES string of the molecule is NCCc1cc(OC2CCOC3(CCC3)C2)ccc1Br. The van der Waals surface area contributed by atoms with Crippen molar-refractivity contribution < 1.29 is 9.47 Å². The van der Waals surface area contributed by atoms with Gasteiger partial charge in [-0.2, -0.15) is 0 Å². The number of benzene rings is 1. The minimum absolute atomic E-state index is 0.137. The van der Waals surface area contributed by atoms with Gasteiger partial charge in [-0.15, -0.1) is 0 Å². The van der Waals surface area contributed by atoms with Crippen molar-refractivity contribution in [3.05, 3.63) is 28.2 Å². The third kappa shape index (κ3) is 3.02. The molecule has 1 aromatic carbocycles. The Morgan fingerprint density at radius 3 is 2.95 bits per heavy atom. The Morgan fingerprint density at radius 2 is 2.25 bits per heavy atom. The number of nitrogens with two attached hydrogens (primary N) is 1. The number of rotatable bonds is 4. The lowest BCUT2D eigenvalue weighted by molar-refractivity contribution is -0.153. The lowest BCUT2D eigenvalue weighted by Crippen LogP contribution is -2.48. The number of hydrogen-bond donors (Lipinski definition) is 1. The molecule has 0 bridgehead atoms. The standard InChI is InChI=1S/C16H22BrNO2/c17-15-3-2-13(10-12(15)4-8-18)20-14-5-9-19-16(11-14)6-1-7-16/h2-3,10,14H,1,4-9,11,18H2. The molecule has 2 N–H and O–H groups in total. The first-order valence-corrected chi connectivity index (χ1v) is 8.29. The van der Waals surface area contributed by atoms with E-state index in [-0.39, 0.29) is 11.7 Å². The molecule has 20 heavy (non-hydrogen) atoms. The van der Waals surface area contributed by atoms with Crippen molar-refractivity contribution in [1.82, 2.24) is 0 Å². The van der Waals surface area contributed by atoms with E-state index < -0.39 is 0 Å². The summed E-state index contributed by atoms with van der Waals surface area (Å²) in [6.07, 6.45) is 6.88. The molecular weight excluding hydrogens is 318 g/mol. The molecule has 0 radical (unpaired) electrons. The van der Waals surface area contributed by atoms with Gasteiger partial charge in [-0.05, 0) is 56.0 Å². The van der Waals surface area contributed by atoms with Gasteiger partial charge in [0.1, 0.15) is 11.9 Å². The molecule has 1 aromatic rings. The van der Waals surface area contributed by atoms with Crippen LogP contribution in [0, 0.1) is 0 Å². The van der Waals surface area contributed by atoms with Crippen LogP contribution in [0.5, 0.6) is 5.75 Å². The summed E-state index contributed by atoms with van der Waals surface area (Å²) < 4.78 is 13.2. The van der Waals surface area contributed by atoms with E-state index in [4.69, 9.17) is 15.2 Å². The molecule has 3 nitrogen and oxygen atoms in total. The second-order valence-corrected chi connectivity index (χ2v) is 6.76. The van der Waals surface area contributed by atoms with Crippen molar-refractivity contribution in [3.63, 3.8) is 0 Å². The Bertz CT molecular complexity index is 474. The van der Waals surface area contributed by atoms with Gasteiger partial charge in [0.2, 0.25) is 0 Å². The quantitative estimate of drug-likeness (QED) is 0.913.